The van der Waals surface area contributed by atoms with Crippen molar-refractivity contribution in [3.05, 3.63) is 73.5 Å². The zero-order chi connectivity index (χ0) is 18.3. The van der Waals surface area contributed by atoms with Gasteiger partial charge >= 0.3 is 0 Å². The largest absolute Gasteiger partial charge is 0.366 e. The number of rotatable bonds is 3. The van der Waals surface area contributed by atoms with E-state index in [0.29, 0.717) is 26.6 Å². The summed E-state index contributed by atoms with van der Waals surface area (Å²) in [6.45, 7) is 0. The first-order valence-corrected chi connectivity index (χ1v) is 9.29. The summed E-state index contributed by atoms with van der Waals surface area (Å²) in [5.41, 5.74) is 5.98. The fourth-order valence-corrected chi connectivity index (χ4v) is 2.76. The molecule has 0 radical (unpaired) electrons. The Morgan fingerprint density at radius 2 is 1.83 bits per heavy atom. The Labute approximate surface area is 158 Å². The lowest BCUT2D eigenvalue weighted by Crippen LogP contribution is -2.11. The highest BCUT2D eigenvalue weighted by molar-refractivity contribution is 9.10. The van der Waals surface area contributed by atoms with Crippen LogP contribution < -0.4 is 5.73 Å². The molecule has 0 heterocycles. The van der Waals surface area contributed by atoms with Crippen molar-refractivity contribution in [2.45, 2.75) is 0 Å². The number of hydrogen-bond donors (Lipinski definition) is 2. The minimum atomic E-state index is -4.06. The van der Waals surface area contributed by atoms with E-state index in [1.165, 1.54) is 6.08 Å². The number of primary amides is 1. The van der Waals surface area contributed by atoms with Crippen LogP contribution in [0.1, 0.15) is 15.9 Å². The molecular weight excluding hydrogens is 441 g/mol. The zero-order valence-corrected chi connectivity index (χ0v) is 15.9. The molecule has 24 heavy (non-hydrogen) atoms. The average molecular weight is 453 g/mol. The summed E-state index contributed by atoms with van der Waals surface area (Å²) >= 11 is 14.6. The number of carbonyl (C=O) groups is 1. The predicted octanol–water partition coefficient (Wildman–Crippen LogP) is 4.40. The van der Waals surface area contributed by atoms with Crippen molar-refractivity contribution in [1.82, 2.24) is 0 Å². The van der Waals surface area contributed by atoms with Crippen LogP contribution in [-0.4, -0.2) is 18.9 Å². The van der Waals surface area contributed by atoms with E-state index in [0.717, 1.165) is 4.47 Å². The van der Waals surface area contributed by atoms with Crippen LogP contribution in [0.4, 0.5) is 0 Å². The molecule has 2 aromatic rings. The summed E-state index contributed by atoms with van der Waals surface area (Å²) in [4.78, 5) is 10.7. The predicted molar refractivity (Wildman–Crippen MR) is 99.7 cm³/mol. The number of nitrogens with two attached hydrogens (primary N) is 1. The lowest BCUT2D eigenvalue weighted by molar-refractivity contribution is 0.100. The van der Waals surface area contributed by atoms with Crippen LogP contribution in [0.3, 0.4) is 0 Å². The molecule has 0 spiro atoms. The Kier molecular flexibility index (Phi) is 7.92. The van der Waals surface area contributed by atoms with E-state index in [-0.39, 0.29) is 0 Å². The summed E-state index contributed by atoms with van der Waals surface area (Å²) in [5, 5.41) is 1.59. The average Bonchev–Trinajstić information content (AvgIpc) is 2.45. The Hall–Kier alpha value is -1.38. The second kappa shape index (κ2) is 9.19. The van der Waals surface area contributed by atoms with E-state index in [4.69, 9.17) is 33.5 Å². The van der Waals surface area contributed by atoms with Crippen molar-refractivity contribution in [2.75, 3.05) is 0 Å². The molecule has 0 bridgehead atoms. The molecule has 0 aliphatic carbocycles. The second-order valence-corrected chi connectivity index (χ2v) is 7.42. The third-order valence-electron chi connectivity index (χ3n) is 2.48. The van der Waals surface area contributed by atoms with E-state index in [1.54, 1.807) is 42.5 Å². The minimum Gasteiger partial charge on any atom is -0.366 e. The molecule has 0 unspecified atom stereocenters. The van der Waals surface area contributed by atoms with Gasteiger partial charge in [0.2, 0.25) is 5.91 Å². The van der Waals surface area contributed by atoms with E-state index in [1.807, 2.05) is 0 Å². The first-order chi connectivity index (χ1) is 11.1. The topological polar surface area (TPSA) is 97.5 Å². The van der Waals surface area contributed by atoms with Gasteiger partial charge in [-0.05, 0) is 42.0 Å². The maximum absolute atomic E-state index is 10.7. The maximum atomic E-state index is 10.7. The molecule has 2 rings (SSSR count). The van der Waals surface area contributed by atoms with Crippen LogP contribution in [0.2, 0.25) is 10.0 Å². The molecule has 0 aromatic heterocycles. The second-order valence-electron chi connectivity index (χ2n) is 4.36. The summed E-state index contributed by atoms with van der Waals surface area (Å²) in [6, 6.07) is 11.5. The van der Waals surface area contributed by atoms with E-state index in [9.17, 15) is 13.2 Å². The minimum absolute atomic E-state index is 0.342. The molecule has 0 atom stereocenters. The van der Waals surface area contributed by atoms with Crippen LogP contribution in [0.15, 0.2) is 52.3 Å². The number of halogens is 3. The van der Waals surface area contributed by atoms with Gasteiger partial charge in [-0.2, -0.15) is 8.42 Å². The van der Waals surface area contributed by atoms with E-state index < -0.39 is 16.0 Å². The number of amides is 1. The monoisotopic (exact) mass is 451 g/mol. The highest BCUT2D eigenvalue weighted by atomic mass is 79.9. The molecule has 128 valence electrons. The fraction of sp³-hybridized carbons (Fsp3) is 0. The summed E-state index contributed by atoms with van der Waals surface area (Å²) in [6.07, 6.45) is 1.27. The van der Waals surface area contributed by atoms with Gasteiger partial charge in [0.05, 0.1) is 16.0 Å². The molecule has 2 aromatic carbocycles. The zero-order valence-electron chi connectivity index (χ0n) is 12.0. The van der Waals surface area contributed by atoms with E-state index >= 15 is 0 Å². The smallest absolute Gasteiger partial charge is 0.287 e. The van der Waals surface area contributed by atoms with Gasteiger partial charge in [0.15, 0.2) is 0 Å². The molecule has 0 fully saturated rings. The molecule has 1 amide bonds. The first-order valence-electron chi connectivity index (χ1n) is 6.24. The van der Waals surface area contributed by atoms with Crippen LogP contribution in [0.5, 0.6) is 0 Å². The number of carbonyl (C=O) groups excluding carboxylic acids is 1. The van der Waals surface area contributed by atoms with Crippen molar-refractivity contribution in [3.63, 3.8) is 0 Å². The third-order valence-corrected chi connectivity index (χ3v) is 4.00. The number of benzene rings is 2. The quantitative estimate of drug-likeness (QED) is 0.674. The highest BCUT2D eigenvalue weighted by Crippen LogP contribution is 2.20. The van der Waals surface area contributed by atoms with Crippen LogP contribution in [0.25, 0.3) is 6.08 Å². The summed E-state index contributed by atoms with van der Waals surface area (Å²) in [7, 11) is -4.06. The van der Waals surface area contributed by atoms with Gasteiger partial charge in [-0.1, -0.05) is 51.3 Å². The van der Waals surface area contributed by atoms with Gasteiger partial charge in [0.1, 0.15) is 0 Å². The standard InChI is InChI=1S/C8H7ClO3S.C7H5BrClNO/c9-8-3-1-2-7(6-8)4-5-13(10,11)12;8-4-1-2-5(7(10)11)6(9)3-4/h1-6H,(H,10,11,12);1-3H,(H2,10,11)/b5-4+;. The lowest BCUT2D eigenvalue weighted by Gasteiger charge is -1.98. The molecule has 0 saturated heterocycles. The fourth-order valence-electron chi connectivity index (χ4n) is 1.46. The Bertz CT molecular complexity index is 870. The van der Waals surface area contributed by atoms with Crippen molar-refractivity contribution in [2.24, 2.45) is 5.73 Å². The van der Waals surface area contributed by atoms with E-state index in [2.05, 4.69) is 15.9 Å². The van der Waals surface area contributed by atoms with Gasteiger partial charge in [0.25, 0.3) is 10.1 Å². The Balaban J connectivity index is 0.000000243. The third kappa shape index (κ3) is 7.94. The molecule has 5 nitrogen and oxygen atoms in total. The van der Waals surface area contributed by atoms with Crippen LogP contribution in [0, 0.1) is 0 Å². The highest BCUT2D eigenvalue weighted by Gasteiger charge is 2.05. The van der Waals surface area contributed by atoms with Crippen LogP contribution in [-0.2, 0) is 10.1 Å². The van der Waals surface area contributed by atoms with Crippen molar-refractivity contribution >= 4 is 61.2 Å². The van der Waals surface area contributed by atoms with Crippen molar-refractivity contribution < 1.29 is 17.8 Å². The van der Waals surface area contributed by atoms with Gasteiger partial charge in [-0.25, -0.2) is 0 Å². The lowest BCUT2D eigenvalue weighted by atomic mass is 10.2. The molecule has 0 aliphatic rings. The van der Waals surface area contributed by atoms with Crippen LogP contribution >= 0.6 is 39.1 Å². The van der Waals surface area contributed by atoms with Gasteiger partial charge in [-0.3, -0.25) is 9.35 Å². The maximum Gasteiger partial charge on any atom is 0.287 e. The SMILES string of the molecule is NC(=O)c1ccc(Br)cc1Cl.O=S(=O)(O)/C=C/c1cccc(Cl)c1. The van der Waals surface area contributed by atoms with Crippen molar-refractivity contribution in [1.29, 1.82) is 0 Å². The Morgan fingerprint density at radius 3 is 2.33 bits per heavy atom. The first kappa shape index (κ1) is 20.7. The van der Waals surface area contributed by atoms with Gasteiger partial charge in [0, 0.05) is 9.50 Å². The molecule has 0 saturated carbocycles. The molecule has 9 heteroatoms. The van der Waals surface area contributed by atoms with Gasteiger partial charge < -0.3 is 5.73 Å². The Morgan fingerprint density at radius 1 is 1.17 bits per heavy atom. The van der Waals surface area contributed by atoms with Crippen molar-refractivity contribution in [3.8, 4) is 0 Å². The van der Waals surface area contributed by atoms with Gasteiger partial charge in [-0.15, -0.1) is 0 Å². The normalized spacial score (nSPS) is 11.0. The molecular formula is C15H12BrCl2NO4S. The number of hydrogen-bond acceptors (Lipinski definition) is 3. The molecule has 0 aliphatic heterocycles. The molecule has 3 N–H and O–H groups in total. The summed E-state index contributed by atoms with van der Waals surface area (Å²) in [5.74, 6) is -0.512. The summed E-state index contributed by atoms with van der Waals surface area (Å²) < 4.78 is 29.9.